The highest BCUT2D eigenvalue weighted by Gasteiger charge is 2.40. The Morgan fingerprint density at radius 3 is 2.46 bits per heavy atom. The molecular weight excluding hydrogens is 336 g/mol. The molecule has 0 bridgehead atoms. The minimum absolute atomic E-state index is 0.275. The van der Waals surface area contributed by atoms with Crippen LogP contribution in [-0.2, 0) is 4.79 Å². The number of benzene rings is 2. The molecule has 1 heterocycles. The predicted octanol–water partition coefficient (Wildman–Crippen LogP) is 2.18. The van der Waals surface area contributed by atoms with Crippen LogP contribution in [0.3, 0.4) is 0 Å². The summed E-state index contributed by atoms with van der Waals surface area (Å²) in [6.07, 6.45) is 0. The van der Waals surface area contributed by atoms with Crippen LogP contribution in [-0.4, -0.2) is 43.4 Å². The normalized spacial score (nSPS) is 16.4. The van der Waals surface area contributed by atoms with Crippen LogP contribution in [0.25, 0.3) is 0 Å². The minimum atomic E-state index is -0.783. The van der Waals surface area contributed by atoms with Crippen molar-refractivity contribution in [1.82, 2.24) is 10.2 Å². The fraction of sp³-hybridized carbons (Fsp3) is 0.211. The van der Waals surface area contributed by atoms with Gasteiger partial charge in [0.2, 0.25) is 0 Å². The summed E-state index contributed by atoms with van der Waals surface area (Å²) in [4.78, 5) is 38.3. The highest BCUT2D eigenvalue weighted by Crippen LogP contribution is 2.26. The van der Waals surface area contributed by atoms with Crippen LogP contribution in [0.2, 0.25) is 0 Å². The van der Waals surface area contributed by atoms with Gasteiger partial charge >= 0.3 is 6.03 Å². The van der Waals surface area contributed by atoms with Gasteiger partial charge in [-0.2, -0.15) is 0 Å². The molecule has 2 aromatic carbocycles. The van der Waals surface area contributed by atoms with Gasteiger partial charge < -0.3 is 14.8 Å². The van der Waals surface area contributed by atoms with E-state index in [0.717, 1.165) is 4.90 Å². The lowest BCUT2D eigenvalue weighted by Gasteiger charge is -2.14. The molecule has 0 saturated carbocycles. The Bertz CT molecular complexity index is 850. The number of nitrogens with one attached hydrogen (secondary N) is 1. The number of hydrogen-bond acceptors (Lipinski definition) is 5. The van der Waals surface area contributed by atoms with Gasteiger partial charge in [-0.3, -0.25) is 14.5 Å². The first-order valence-electron chi connectivity index (χ1n) is 7.97. The number of carbonyl (C=O) groups is 3. The highest BCUT2D eigenvalue weighted by molar-refractivity contribution is 6.10. The zero-order chi connectivity index (χ0) is 18.7. The second-order valence-corrected chi connectivity index (χ2v) is 5.71. The number of carbonyl (C=O) groups excluding carboxylic acids is 3. The summed E-state index contributed by atoms with van der Waals surface area (Å²) in [7, 11) is 2.94. The van der Waals surface area contributed by atoms with Crippen LogP contribution in [0.15, 0.2) is 48.5 Å². The molecule has 1 N–H and O–H groups in total. The molecule has 1 unspecified atom stereocenters. The van der Waals surface area contributed by atoms with Gasteiger partial charge in [0, 0.05) is 6.07 Å². The summed E-state index contributed by atoms with van der Waals surface area (Å²) in [5.41, 5.74) is 0.944. The molecule has 1 aliphatic rings. The topological polar surface area (TPSA) is 84.9 Å². The second kappa shape index (κ2) is 7.26. The molecule has 0 aliphatic carbocycles. The Kier molecular flexibility index (Phi) is 4.88. The number of imide groups is 1. The largest absolute Gasteiger partial charge is 0.497 e. The van der Waals surface area contributed by atoms with E-state index in [1.54, 1.807) is 42.5 Å². The molecule has 2 aromatic rings. The van der Waals surface area contributed by atoms with E-state index in [1.165, 1.54) is 14.2 Å². The van der Waals surface area contributed by atoms with E-state index in [1.807, 2.05) is 6.07 Å². The Hall–Kier alpha value is -3.35. The SMILES string of the molecule is COc1ccc(C(=O)CN2C(=O)NC(c3ccccc3)C2=O)c(OC)c1. The third-order valence-electron chi connectivity index (χ3n) is 4.17. The first kappa shape index (κ1) is 17.5. The Morgan fingerprint density at radius 1 is 1.08 bits per heavy atom. The number of Topliss-reactive ketones (excluding diaryl/α,β-unsaturated/α-hetero) is 1. The van der Waals surface area contributed by atoms with E-state index in [4.69, 9.17) is 9.47 Å². The lowest BCUT2D eigenvalue weighted by Crippen LogP contribution is -2.35. The van der Waals surface area contributed by atoms with Gasteiger partial charge in [-0.15, -0.1) is 0 Å². The monoisotopic (exact) mass is 354 g/mol. The zero-order valence-corrected chi connectivity index (χ0v) is 14.4. The van der Waals surface area contributed by atoms with Gasteiger partial charge in [-0.1, -0.05) is 30.3 Å². The minimum Gasteiger partial charge on any atom is -0.497 e. The Morgan fingerprint density at radius 2 is 1.81 bits per heavy atom. The van der Waals surface area contributed by atoms with Crippen molar-refractivity contribution in [3.63, 3.8) is 0 Å². The second-order valence-electron chi connectivity index (χ2n) is 5.71. The van der Waals surface area contributed by atoms with E-state index in [0.29, 0.717) is 17.1 Å². The summed E-state index contributed by atoms with van der Waals surface area (Å²) < 4.78 is 10.3. The lowest BCUT2D eigenvalue weighted by atomic mass is 10.1. The Balaban J connectivity index is 1.79. The van der Waals surface area contributed by atoms with Gasteiger partial charge in [0.25, 0.3) is 5.91 Å². The number of amides is 3. The van der Waals surface area contributed by atoms with E-state index < -0.39 is 23.8 Å². The maximum Gasteiger partial charge on any atom is 0.325 e. The Labute approximate surface area is 150 Å². The molecular formula is C19H18N2O5. The lowest BCUT2D eigenvalue weighted by molar-refractivity contribution is -0.127. The molecule has 1 fully saturated rings. The summed E-state index contributed by atoms with van der Waals surface area (Å²) >= 11 is 0. The molecule has 7 heteroatoms. The fourth-order valence-corrected chi connectivity index (χ4v) is 2.80. The van der Waals surface area contributed by atoms with Crippen LogP contribution in [0.5, 0.6) is 11.5 Å². The van der Waals surface area contributed by atoms with Gasteiger partial charge in [0.1, 0.15) is 17.5 Å². The maximum atomic E-state index is 12.6. The van der Waals surface area contributed by atoms with Crippen molar-refractivity contribution >= 4 is 17.7 Å². The zero-order valence-electron chi connectivity index (χ0n) is 14.4. The van der Waals surface area contributed by atoms with Gasteiger partial charge in [0.05, 0.1) is 26.3 Å². The average molecular weight is 354 g/mol. The van der Waals surface area contributed by atoms with Crippen LogP contribution in [0.4, 0.5) is 4.79 Å². The van der Waals surface area contributed by atoms with Gasteiger partial charge in [-0.25, -0.2) is 4.79 Å². The van der Waals surface area contributed by atoms with Crippen LogP contribution in [0.1, 0.15) is 22.0 Å². The first-order chi connectivity index (χ1) is 12.5. The van der Waals surface area contributed by atoms with Crippen molar-refractivity contribution in [3.05, 3.63) is 59.7 Å². The van der Waals surface area contributed by atoms with Gasteiger partial charge in [-0.05, 0) is 17.7 Å². The number of rotatable bonds is 6. The molecule has 1 atom stereocenters. The van der Waals surface area contributed by atoms with Crippen molar-refractivity contribution in [2.24, 2.45) is 0 Å². The maximum absolute atomic E-state index is 12.6. The number of urea groups is 1. The number of hydrogen-bond donors (Lipinski definition) is 1. The number of nitrogens with zero attached hydrogens (tertiary/aromatic N) is 1. The smallest absolute Gasteiger partial charge is 0.325 e. The van der Waals surface area contributed by atoms with Crippen LogP contribution in [0, 0.1) is 0 Å². The van der Waals surface area contributed by atoms with E-state index >= 15 is 0 Å². The number of methoxy groups -OCH3 is 2. The van der Waals surface area contributed by atoms with Crippen molar-refractivity contribution in [3.8, 4) is 11.5 Å². The molecule has 0 aromatic heterocycles. The molecule has 7 nitrogen and oxygen atoms in total. The van der Waals surface area contributed by atoms with Crippen molar-refractivity contribution in [2.45, 2.75) is 6.04 Å². The average Bonchev–Trinajstić information content (AvgIpc) is 2.96. The molecule has 26 heavy (non-hydrogen) atoms. The molecule has 0 radical (unpaired) electrons. The van der Waals surface area contributed by atoms with Crippen molar-refractivity contribution in [1.29, 1.82) is 0 Å². The van der Waals surface area contributed by atoms with E-state index in [9.17, 15) is 14.4 Å². The fourth-order valence-electron chi connectivity index (χ4n) is 2.80. The summed E-state index contributed by atoms with van der Waals surface area (Å²) in [5.74, 6) is 0.00212. The van der Waals surface area contributed by atoms with Crippen molar-refractivity contribution < 1.29 is 23.9 Å². The summed E-state index contributed by atoms with van der Waals surface area (Å²) in [6, 6.07) is 12.3. The third-order valence-corrected chi connectivity index (χ3v) is 4.17. The molecule has 0 spiro atoms. The van der Waals surface area contributed by atoms with Crippen LogP contribution < -0.4 is 14.8 Å². The molecule has 3 rings (SSSR count). The summed E-state index contributed by atoms with van der Waals surface area (Å²) in [6.45, 7) is -0.364. The predicted molar refractivity (Wildman–Crippen MR) is 93.3 cm³/mol. The highest BCUT2D eigenvalue weighted by atomic mass is 16.5. The van der Waals surface area contributed by atoms with E-state index in [-0.39, 0.29) is 12.1 Å². The van der Waals surface area contributed by atoms with Gasteiger partial charge in [0.15, 0.2) is 5.78 Å². The first-order valence-corrected chi connectivity index (χ1v) is 7.97. The van der Waals surface area contributed by atoms with Crippen LogP contribution >= 0.6 is 0 Å². The molecule has 134 valence electrons. The van der Waals surface area contributed by atoms with Crippen molar-refractivity contribution in [2.75, 3.05) is 20.8 Å². The standard InChI is InChI=1S/C19H18N2O5/c1-25-13-8-9-14(16(10-13)26-2)15(22)11-21-18(23)17(20-19(21)24)12-6-4-3-5-7-12/h3-10,17H,11H2,1-2H3,(H,20,24). The quantitative estimate of drug-likeness (QED) is 0.635. The number of ether oxygens (including phenoxy) is 2. The summed E-state index contributed by atoms with van der Waals surface area (Å²) in [5, 5.41) is 2.61. The number of ketones is 1. The molecule has 1 aliphatic heterocycles. The molecule has 3 amide bonds. The third kappa shape index (κ3) is 3.23. The van der Waals surface area contributed by atoms with E-state index in [2.05, 4.69) is 5.32 Å². The molecule has 1 saturated heterocycles.